The minimum absolute atomic E-state index is 0.00241. The first-order valence-electron chi connectivity index (χ1n) is 6.21. The average Bonchev–Trinajstić information content (AvgIpc) is 2.46. The molecule has 19 heavy (non-hydrogen) atoms. The molecule has 1 aromatic rings. The first kappa shape index (κ1) is 13.8. The van der Waals surface area contributed by atoms with Crippen LogP contribution in [0.2, 0.25) is 0 Å². The van der Waals surface area contributed by atoms with E-state index in [1.54, 1.807) is 4.90 Å². The van der Waals surface area contributed by atoms with Crippen LogP contribution >= 0.6 is 11.6 Å². The summed E-state index contributed by atoms with van der Waals surface area (Å²) in [7, 11) is 0. The highest BCUT2D eigenvalue weighted by Gasteiger charge is 2.23. The van der Waals surface area contributed by atoms with Gasteiger partial charge < -0.3 is 4.90 Å². The third-order valence-electron chi connectivity index (χ3n) is 3.45. The Balaban J connectivity index is 2.02. The molecule has 1 aromatic carbocycles. The summed E-state index contributed by atoms with van der Waals surface area (Å²) >= 11 is 5.80. The number of nitro groups is 1. The van der Waals surface area contributed by atoms with Gasteiger partial charge in [0.05, 0.1) is 4.92 Å². The van der Waals surface area contributed by atoms with E-state index < -0.39 is 4.92 Å². The smallest absolute Gasteiger partial charge is 0.269 e. The molecule has 0 saturated carbocycles. The number of nitro benzene ring substituents is 1. The van der Waals surface area contributed by atoms with Crippen molar-refractivity contribution in [2.75, 3.05) is 19.0 Å². The molecule has 0 unspecified atom stereocenters. The first-order chi connectivity index (χ1) is 9.11. The van der Waals surface area contributed by atoms with Crippen molar-refractivity contribution in [3.8, 4) is 0 Å². The molecule has 0 radical (unpaired) electrons. The minimum atomic E-state index is -0.472. The van der Waals surface area contributed by atoms with Gasteiger partial charge in [0, 0.05) is 36.7 Å². The van der Waals surface area contributed by atoms with Gasteiger partial charge >= 0.3 is 0 Å². The topological polar surface area (TPSA) is 63.4 Å². The number of amides is 1. The number of hydrogen-bond acceptors (Lipinski definition) is 3. The lowest BCUT2D eigenvalue weighted by molar-refractivity contribution is -0.384. The second-order valence-electron chi connectivity index (χ2n) is 4.69. The van der Waals surface area contributed by atoms with E-state index >= 15 is 0 Å². The van der Waals surface area contributed by atoms with E-state index in [1.807, 2.05) is 0 Å². The maximum atomic E-state index is 12.2. The van der Waals surface area contributed by atoms with E-state index in [-0.39, 0.29) is 11.6 Å². The Labute approximate surface area is 116 Å². The molecule has 0 bridgehead atoms. The van der Waals surface area contributed by atoms with E-state index in [4.69, 9.17) is 11.6 Å². The van der Waals surface area contributed by atoms with E-state index in [1.165, 1.54) is 24.3 Å². The summed E-state index contributed by atoms with van der Waals surface area (Å²) < 4.78 is 0. The summed E-state index contributed by atoms with van der Waals surface area (Å²) in [5.74, 6) is 1.06. The normalized spacial score (nSPS) is 16.4. The maximum absolute atomic E-state index is 12.2. The van der Waals surface area contributed by atoms with Crippen LogP contribution in [0.4, 0.5) is 5.69 Å². The fraction of sp³-hybridized carbons (Fsp3) is 0.462. The number of alkyl halides is 1. The van der Waals surface area contributed by atoms with Gasteiger partial charge in [0.25, 0.3) is 11.6 Å². The van der Waals surface area contributed by atoms with E-state index in [0.29, 0.717) is 30.5 Å². The van der Waals surface area contributed by atoms with Crippen LogP contribution in [-0.2, 0) is 0 Å². The standard InChI is InChI=1S/C13H15ClN2O3/c14-9-10-5-7-15(8-6-10)13(17)11-1-3-12(4-2-11)16(18)19/h1-4,10H,5-9H2. The zero-order valence-electron chi connectivity index (χ0n) is 10.4. The number of halogens is 1. The number of benzene rings is 1. The molecule has 0 atom stereocenters. The molecule has 1 saturated heterocycles. The Morgan fingerprint density at radius 1 is 1.32 bits per heavy atom. The molecule has 1 heterocycles. The molecule has 1 fully saturated rings. The Bertz CT molecular complexity index is 467. The van der Waals surface area contributed by atoms with Gasteiger partial charge in [-0.05, 0) is 30.9 Å². The molecule has 0 aliphatic carbocycles. The zero-order chi connectivity index (χ0) is 13.8. The lowest BCUT2D eigenvalue weighted by Crippen LogP contribution is -2.38. The molecule has 102 valence electrons. The van der Waals surface area contributed by atoms with Crippen molar-refractivity contribution in [3.63, 3.8) is 0 Å². The molecule has 1 aliphatic heterocycles. The van der Waals surface area contributed by atoms with Gasteiger partial charge in [0.15, 0.2) is 0 Å². The molecule has 1 aliphatic rings. The summed E-state index contributed by atoms with van der Waals surface area (Å²) in [4.78, 5) is 24.1. The van der Waals surface area contributed by atoms with Crippen LogP contribution in [0.3, 0.4) is 0 Å². The number of carbonyl (C=O) groups excluding carboxylic acids is 1. The Morgan fingerprint density at radius 2 is 1.89 bits per heavy atom. The average molecular weight is 283 g/mol. The second kappa shape index (κ2) is 6.02. The molecular weight excluding hydrogens is 268 g/mol. The first-order valence-corrected chi connectivity index (χ1v) is 6.75. The quantitative estimate of drug-likeness (QED) is 0.486. The summed E-state index contributed by atoms with van der Waals surface area (Å²) in [5, 5.41) is 10.6. The van der Waals surface area contributed by atoms with Crippen molar-refractivity contribution in [3.05, 3.63) is 39.9 Å². The van der Waals surface area contributed by atoms with Crippen molar-refractivity contribution < 1.29 is 9.72 Å². The zero-order valence-corrected chi connectivity index (χ0v) is 11.2. The number of likely N-dealkylation sites (tertiary alicyclic amines) is 1. The van der Waals surface area contributed by atoms with Crippen molar-refractivity contribution in [2.45, 2.75) is 12.8 Å². The van der Waals surface area contributed by atoms with E-state index in [9.17, 15) is 14.9 Å². The fourth-order valence-corrected chi connectivity index (χ4v) is 2.51. The highest BCUT2D eigenvalue weighted by atomic mass is 35.5. The number of piperidine rings is 1. The molecule has 1 amide bonds. The van der Waals surface area contributed by atoms with Crippen LogP contribution < -0.4 is 0 Å². The third-order valence-corrected chi connectivity index (χ3v) is 3.88. The van der Waals surface area contributed by atoms with E-state index in [2.05, 4.69) is 0 Å². The van der Waals surface area contributed by atoms with Crippen LogP contribution in [0.25, 0.3) is 0 Å². The van der Waals surface area contributed by atoms with Crippen molar-refractivity contribution in [1.29, 1.82) is 0 Å². The van der Waals surface area contributed by atoms with Crippen LogP contribution in [0.5, 0.6) is 0 Å². The lowest BCUT2D eigenvalue weighted by Gasteiger charge is -2.31. The van der Waals surface area contributed by atoms with Gasteiger partial charge in [-0.1, -0.05) is 0 Å². The van der Waals surface area contributed by atoms with Crippen LogP contribution in [-0.4, -0.2) is 34.7 Å². The van der Waals surface area contributed by atoms with Crippen molar-refractivity contribution in [2.24, 2.45) is 5.92 Å². The summed E-state index contributed by atoms with van der Waals surface area (Å²) in [6.07, 6.45) is 1.84. The SMILES string of the molecule is O=C(c1ccc([N+](=O)[O-])cc1)N1CCC(CCl)CC1. The van der Waals surface area contributed by atoms with Gasteiger partial charge in [0.1, 0.15) is 0 Å². The van der Waals surface area contributed by atoms with Gasteiger partial charge in [-0.25, -0.2) is 0 Å². The number of carbonyl (C=O) groups is 1. The minimum Gasteiger partial charge on any atom is -0.339 e. The molecular formula is C13H15ClN2O3. The molecule has 2 rings (SSSR count). The molecule has 0 N–H and O–H groups in total. The molecule has 0 aromatic heterocycles. The van der Waals surface area contributed by atoms with E-state index in [0.717, 1.165) is 12.8 Å². The van der Waals surface area contributed by atoms with Crippen molar-refractivity contribution >= 4 is 23.2 Å². The number of rotatable bonds is 3. The maximum Gasteiger partial charge on any atom is 0.269 e. The number of hydrogen-bond donors (Lipinski definition) is 0. The Hall–Kier alpha value is -1.62. The Morgan fingerprint density at radius 3 is 2.37 bits per heavy atom. The highest BCUT2D eigenvalue weighted by Crippen LogP contribution is 2.20. The second-order valence-corrected chi connectivity index (χ2v) is 5.00. The van der Waals surface area contributed by atoms with Gasteiger partial charge in [-0.15, -0.1) is 11.6 Å². The molecule has 6 heteroatoms. The largest absolute Gasteiger partial charge is 0.339 e. The van der Waals surface area contributed by atoms with Crippen LogP contribution in [0.15, 0.2) is 24.3 Å². The summed E-state index contributed by atoms with van der Waals surface area (Å²) in [6, 6.07) is 5.74. The monoisotopic (exact) mass is 282 g/mol. The number of nitrogens with zero attached hydrogens (tertiary/aromatic N) is 2. The fourth-order valence-electron chi connectivity index (χ4n) is 2.20. The predicted octanol–water partition coefficient (Wildman–Crippen LogP) is 2.69. The summed E-state index contributed by atoms with van der Waals surface area (Å²) in [5.41, 5.74) is 0.493. The molecule has 0 spiro atoms. The molecule has 5 nitrogen and oxygen atoms in total. The van der Waals surface area contributed by atoms with Gasteiger partial charge in [-0.3, -0.25) is 14.9 Å². The van der Waals surface area contributed by atoms with Crippen LogP contribution in [0, 0.1) is 16.0 Å². The van der Waals surface area contributed by atoms with Gasteiger partial charge in [-0.2, -0.15) is 0 Å². The lowest BCUT2D eigenvalue weighted by atomic mass is 9.98. The third kappa shape index (κ3) is 3.23. The number of non-ortho nitro benzene ring substituents is 1. The predicted molar refractivity (Wildman–Crippen MR) is 72.4 cm³/mol. The van der Waals surface area contributed by atoms with Crippen LogP contribution in [0.1, 0.15) is 23.2 Å². The highest BCUT2D eigenvalue weighted by molar-refractivity contribution is 6.18. The van der Waals surface area contributed by atoms with Gasteiger partial charge in [0.2, 0.25) is 0 Å². The van der Waals surface area contributed by atoms with Crippen molar-refractivity contribution in [1.82, 2.24) is 4.90 Å². The summed E-state index contributed by atoms with van der Waals surface area (Å²) in [6.45, 7) is 1.40. The Kier molecular flexibility index (Phi) is 4.37.